The van der Waals surface area contributed by atoms with E-state index in [-0.39, 0.29) is 5.91 Å². The normalized spacial score (nSPS) is 14.4. The van der Waals surface area contributed by atoms with Gasteiger partial charge in [0.15, 0.2) is 6.10 Å². The molecule has 2 aromatic rings. The molecule has 0 saturated heterocycles. The Kier molecular flexibility index (Phi) is 4.71. The lowest BCUT2D eigenvalue weighted by atomic mass is 10.2. The number of benzene rings is 1. The number of hydrogen-bond donors (Lipinski definition) is 0. The van der Waals surface area contributed by atoms with Crippen LogP contribution in [-0.2, 0) is 22.4 Å². The van der Waals surface area contributed by atoms with Crippen LogP contribution >= 0.6 is 11.3 Å². The Morgan fingerprint density at radius 3 is 2.79 bits per heavy atom. The van der Waals surface area contributed by atoms with Gasteiger partial charge in [0.25, 0.3) is 5.91 Å². The summed E-state index contributed by atoms with van der Waals surface area (Å²) in [6.45, 7) is 6.33. The fourth-order valence-corrected chi connectivity index (χ4v) is 4.02. The monoisotopic (exact) mass is 343 g/mol. The summed E-state index contributed by atoms with van der Waals surface area (Å²) in [6.07, 6.45) is 0.928. The molecule has 1 amide bonds. The van der Waals surface area contributed by atoms with Gasteiger partial charge in [-0.2, -0.15) is 0 Å². The first-order chi connectivity index (χ1) is 11.5. The third kappa shape index (κ3) is 3.08. The van der Waals surface area contributed by atoms with Gasteiger partial charge in [0.2, 0.25) is 0 Å². The molecule has 5 heteroatoms. The molecule has 3 rings (SSSR count). The van der Waals surface area contributed by atoms with Crippen LogP contribution in [0.3, 0.4) is 0 Å². The Balaban J connectivity index is 1.69. The molecule has 4 nitrogen and oxygen atoms in total. The summed E-state index contributed by atoms with van der Waals surface area (Å²) < 4.78 is 5.42. The lowest BCUT2D eigenvalue weighted by Crippen LogP contribution is -2.39. The molecule has 1 atom stereocenters. The van der Waals surface area contributed by atoms with Crippen molar-refractivity contribution in [3.63, 3.8) is 0 Å². The van der Waals surface area contributed by atoms with Crippen molar-refractivity contribution >= 4 is 28.9 Å². The largest absolute Gasteiger partial charge is 0.448 e. The van der Waals surface area contributed by atoms with E-state index in [1.165, 1.54) is 11.3 Å². The van der Waals surface area contributed by atoms with Gasteiger partial charge < -0.3 is 9.64 Å². The summed E-state index contributed by atoms with van der Waals surface area (Å²) in [5.41, 5.74) is 3.23. The van der Waals surface area contributed by atoms with Crippen molar-refractivity contribution in [3.05, 3.63) is 51.2 Å². The second kappa shape index (κ2) is 6.77. The second-order valence-corrected chi connectivity index (χ2v) is 7.22. The minimum atomic E-state index is -0.795. The smallest absolute Gasteiger partial charge is 0.349 e. The highest BCUT2D eigenvalue weighted by Crippen LogP contribution is 2.28. The highest BCUT2D eigenvalue weighted by molar-refractivity contribution is 7.14. The number of ether oxygens (including phenoxy) is 1. The summed E-state index contributed by atoms with van der Waals surface area (Å²) in [4.78, 5) is 28.4. The van der Waals surface area contributed by atoms with Gasteiger partial charge in [-0.3, -0.25) is 4.79 Å². The third-order valence-corrected chi connectivity index (χ3v) is 5.46. The van der Waals surface area contributed by atoms with Crippen molar-refractivity contribution in [2.75, 3.05) is 11.4 Å². The Morgan fingerprint density at radius 1 is 1.33 bits per heavy atom. The summed E-state index contributed by atoms with van der Waals surface area (Å²) in [5, 5.41) is 0. The van der Waals surface area contributed by atoms with Crippen LogP contribution in [0.25, 0.3) is 0 Å². The molecule has 0 unspecified atom stereocenters. The lowest BCUT2D eigenvalue weighted by Gasteiger charge is -2.21. The maximum Gasteiger partial charge on any atom is 0.349 e. The molecule has 0 fully saturated rings. The molecule has 0 spiro atoms. The maximum atomic E-state index is 12.7. The predicted octanol–water partition coefficient (Wildman–Crippen LogP) is 3.75. The highest BCUT2D eigenvalue weighted by Gasteiger charge is 2.30. The van der Waals surface area contributed by atoms with Gasteiger partial charge >= 0.3 is 5.97 Å². The molecule has 1 aromatic carbocycles. The third-order valence-electron chi connectivity index (χ3n) is 4.39. The number of carbonyl (C=O) groups is 2. The first-order valence-electron chi connectivity index (χ1n) is 8.20. The molecule has 24 heavy (non-hydrogen) atoms. The summed E-state index contributed by atoms with van der Waals surface area (Å²) in [5.74, 6) is -0.589. The van der Waals surface area contributed by atoms with E-state index in [2.05, 4.69) is 6.92 Å². The highest BCUT2D eigenvalue weighted by atomic mass is 32.1. The van der Waals surface area contributed by atoms with Crippen molar-refractivity contribution in [2.45, 2.75) is 39.7 Å². The molecule has 1 aliphatic heterocycles. The number of hydrogen-bond acceptors (Lipinski definition) is 4. The molecule has 1 aliphatic rings. The number of aryl methyl sites for hydroxylation is 2. The van der Waals surface area contributed by atoms with Gasteiger partial charge in [0.05, 0.1) is 0 Å². The lowest BCUT2D eigenvalue weighted by molar-refractivity contribution is -0.126. The maximum absolute atomic E-state index is 12.7. The fraction of sp³-hybridized carbons (Fsp3) is 0.368. The SMILES string of the molecule is CCc1cc(C(=O)O[C@H](C)C(=O)N2CCc3ccccc32)sc1C. The molecule has 0 radical (unpaired) electrons. The Labute approximate surface area is 146 Å². The van der Waals surface area contributed by atoms with Gasteiger partial charge in [0, 0.05) is 17.1 Å². The molecule has 2 heterocycles. The first-order valence-corrected chi connectivity index (χ1v) is 9.02. The zero-order valence-corrected chi connectivity index (χ0v) is 15.0. The Bertz CT molecular complexity index is 781. The molecule has 0 bridgehead atoms. The van der Waals surface area contributed by atoms with E-state index in [0.717, 1.165) is 34.5 Å². The van der Waals surface area contributed by atoms with E-state index in [9.17, 15) is 9.59 Å². The van der Waals surface area contributed by atoms with E-state index in [1.807, 2.05) is 37.3 Å². The Hall–Kier alpha value is -2.14. The van der Waals surface area contributed by atoms with Crippen LogP contribution in [-0.4, -0.2) is 24.5 Å². The van der Waals surface area contributed by atoms with Gasteiger partial charge in [-0.15, -0.1) is 11.3 Å². The van der Waals surface area contributed by atoms with Crippen LogP contribution in [0.1, 0.15) is 39.5 Å². The van der Waals surface area contributed by atoms with Crippen LogP contribution < -0.4 is 4.90 Å². The number of esters is 1. The van der Waals surface area contributed by atoms with Gasteiger partial charge in [0.1, 0.15) is 4.88 Å². The van der Waals surface area contributed by atoms with Crippen molar-refractivity contribution in [2.24, 2.45) is 0 Å². The number of thiophene rings is 1. The minimum absolute atomic E-state index is 0.169. The van der Waals surface area contributed by atoms with Crippen LogP contribution in [0.4, 0.5) is 5.69 Å². The number of anilines is 1. The van der Waals surface area contributed by atoms with Crippen LogP contribution in [0.5, 0.6) is 0 Å². The van der Waals surface area contributed by atoms with Gasteiger partial charge in [-0.05, 0) is 49.9 Å². The van der Waals surface area contributed by atoms with Crippen molar-refractivity contribution in [3.8, 4) is 0 Å². The first kappa shape index (κ1) is 16.7. The molecule has 1 aromatic heterocycles. The van der Waals surface area contributed by atoms with Crippen LogP contribution in [0, 0.1) is 6.92 Å². The predicted molar refractivity (Wildman–Crippen MR) is 95.8 cm³/mol. The van der Waals surface area contributed by atoms with E-state index in [4.69, 9.17) is 4.74 Å². The fourth-order valence-electron chi connectivity index (χ4n) is 3.03. The van der Waals surface area contributed by atoms with E-state index in [1.54, 1.807) is 11.8 Å². The van der Waals surface area contributed by atoms with Crippen LogP contribution in [0.15, 0.2) is 30.3 Å². The Morgan fingerprint density at radius 2 is 2.08 bits per heavy atom. The van der Waals surface area contributed by atoms with Crippen molar-refractivity contribution < 1.29 is 14.3 Å². The molecular formula is C19H21NO3S. The number of nitrogens with zero attached hydrogens (tertiary/aromatic N) is 1. The van der Waals surface area contributed by atoms with Crippen molar-refractivity contribution in [1.82, 2.24) is 0 Å². The number of carbonyl (C=O) groups excluding carboxylic acids is 2. The molecule has 0 N–H and O–H groups in total. The number of amides is 1. The number of fused-ring (bicyclic) bond motifs is 1. The van der Waals surface area contributed by atoms with Gasteiger partial charge in [-0.25, -0.2) is 4.79 Å². The summed E-state index contributed by atoms with van der Waals surface area (Å²) in [6, 6.07) is 9.72. The molecule has 126 valence electrons. The standard InChI is InChI=1S/C19H21NO3S/c1-4-14-11-17(24-13(14)3)19(22)23-12(2)18(21)20-10-9-15-7-5-6-8-16(15)20/h5-8,11-12H,4,9-10H2,1-3H3/t12-/m1/s1. The minimum Gasteiger partial charge on any atom is -0.448 e. The zero-order valence-electron chi connectivity index (χ0n) is 14.2. The summed E-state index contributed by atoms with van der Waals surface area (Å²) in [7, 11) is 0. The van der Waals surface area contributed by atoms with Gasteiger partial charge in [-0.1, -0.05) is 25.1 Å². The average Bonchev–Trinajstić information content (AvgIpc) is 3.17. The van der Waals surface area contributed by atoms with E-state index >= 15 is 0 Å². The van der Waals surface area contributed by atoms with E-state index in [0.29, 0.717) is 11.4 Å². The topological polar surface area (TPSA) is 46.6 Å². The molecule has 0 saturated carbocycles. The molecular weight excluding hydrogens is 322 g/mol. The number of rotatable bonds is 4. The average molecular weight is 343 g/mol. The second-order valence-electron chi connectivity index (χ2n) is 5.96. The van der Waals surface area contributed by atoms with Crippen molar-refractivity contribution in [1.29, 1.82) is 0 Å². The summed E-state index contributed by atoms with van der Waals surface area (Å²) >= 11 is 1.42. The van der Waals surface area contributed by atoms with E-state index < -0.39 is 12.1 Å². The quantitative estimate of drug-likeness (QED) is 0.794. The number of para-hydroxylation sites is 1. The molecule has 0 aliphatic carbocycles. The zero-order chi connectivity index (χ0) is 17.3. The van der Waals surface area contributed by atoms with Crippen LogP contribution in [0.2, 0.25) is 0 Å².